The van der Waals surface area contributed by atoms with Gasteiger partial charge in [0.1, 0.15) is 6.04 Å². The molecule has 3 rings (SSSR count). The third kappa shape index (κ3) is 8.29. The van der Waals surface area contributed by atoms with Crippen LogP contribution < -0.4 is 5.32 Å². The lowest BCUT2D eigenvalue weighted by Gasteiger charge is -2.31. The van der Waals surface area contributed by atoms with Crippen molar-refractivity contribution in [2.24, 2.45) is 0 Å². The summed E-state index contributed by atoms with van der Waals surface area (Å²) in [5.74, 6) is 0.979. The van der Waals surface area contributed by atoms with Crippen LogP contribution in [0.3, 0.4) is 0 Å². The smallest absolute Gasteiger partial charge is 0.243 e. The molecule has 0 unspecified atom stereocenters. The summed E-state index contributed by atoms with van der Waals surface area (Å²) in [6.07, 6.45) is 1.33. The molecule has 184 valence electrons. The Hall–Kier alpha value is -3.05. The molecule has 0 aliphatic carbocycles. The molecular weight excluding hydrogens is 452 g/mol. The van der Waals surface area contributed by atoms with Crippen LogP contribution in [-0.2, 0) is 28.3 Å². The first-order valence-electron chi connectivity index (χ1n) is 12.3. The molecule has 0 aliphatic heterocycles. The molecule has 0 fully saturated rings. The Morgan fingerprint density at radius 2 is 1.63 bits per heavy atom. The molecule has 0 saturated carbocycles. The van der Waals surface area contributed by atoms with Crippen LogP contribution in [0, 0.1) is 13.8 Å². The van der Waals surface area contributed by atoms with Gasteiger partial charge in [-0.1, -0.05) is 91.3 Å². The fourth-order valence-electron chi connectivity index (χ4n) is 4.03. The first-order chi connectivity index (χ1) is 17.0. The Bertz CT molecular complexity index is 1100. The summed E-state index contributed by atoms with van der Waals surface area (Å²) in [6, 6.07) is 25.8. The number of hydrogen-bond donors (Lipinski definition) is 1. The first kappa shape index (κ1) is 26.6. The average Bonchev–Trinajstić information content (AvgIpc) is 2.86. The zero-order chi connectivity index (χ0) is 25.0. The third-order valence-corrected chi connectivity index (χ3v) is 6.97. The number of carbonyl (C=O) groups is 2. The number of thioether (sulfide) groups is 1. The highest BCUT2D eigenvalue weighted by molar-refractivity contribution is 7.99. The number of benzene rings is 3. The van der Waals surface area contributed by atoms with Crippen LogP contribution >= 0.6 is 11.8 Å². The second-order valence-electron chi connectivity index (χ2n) is 8.93. The molecule has 0 aromatic heterocycles. The van der Waals surface area contributed by atoms with E-state index in [0.717, 1.165) is 28.9 Å². The molecule has 3 aromatic rings. The Morgan fingerprint density at radius 1 is 0.914 bits per heavy atom. The highest BCUT2D eigenvalue weighted by Gasteiger charge is 2.30. The van der Waals surface area contributed by atoms with Gasteiger partial charge in [-0.25, -0.2) is 0 Å². The lowest BCUT2D eigenvalue weighted by Crippen LogP contribution is -2.51. The van der Waals surface area contributed by atoms with Gasteiger partial charge < -0.3 is 10.2 Å². The maximum atomic E-state index is 13.6. The Kier molecular flexibility index (Phi) is 10.4. The molecule has 0 radical (unpaired) electrons. The van der Waals surface area contributed by atoms with Crippen molar-refractivity contribution in [2.75, 3.05) is 12.3 Å². The second-order valence-corrected chi connectivity index (χ2v) is 9.91. The van der Waals surface area contributed by atoms with Crippen molar-refractivity contribution in [3.63, 3.8) is 0 Å². The van der Waals surface area contributed by atoms with E-state index in [9.17, 15) is 9.59 Å². The standard InChI is InChI=1S/C30H36N2O2S/c1-4-17-31-30(34)28(19-25-13-6-5-7-14-25)32(20-26-15-10-11-23(2)18-26)29(33)22-35-21-27-16-9-8-12-24(27)3/h5-16,18,28H,4,17,19-22H2,1-3H3,(H,31,34)/t28-/m0/s1. The molecule has 35 heavy (non-hydrogen) atoms. The summed E-state index contributed by atoms with van der Waals surface area (Å²) >= 11 is 1.60. The number of amides is 2. The molecule has 0 saturated heterocycles. The predicted octanol–water partition coefficient (Wildman–Crippen LogP) is 5.70. The van der Waals surface area contributed by atoms with E-state index in [0.29, 0.717) is 25.3 Å². The summed E-state index contributed by atoms with van der Waals surface area (Å²) in [6.45, 7) is 7.17. The van der Waals surface area contributed by atoms with Crippen LogP contribution in [0.5, 0.6) is 0 Å². The van der Waals surface area contributed by atoms with Gasteiger partial charge in [-0.3, -0.25) is 9.59 Å². The lowest BCUT2D eigenvalue weighted by atomic mass is 10.0. The van der Waals surface area contributed by atoms with Crippen LogP contribution in [0.2, 0.25) is 0 Å². The van der Waals surface area contributed by atoms with Crippen molar-refractivity contribution >= 4 is 23.6 Å². The van der Waals surface area contributed by atoms with E-state index in [1.807, 2.05) is 74.5 Å². The zero-order valence-electron chi connectivity index (χ0n) is 21.0. The number of rotatable bonds is 12. The zero-order valence-corrected chi connectivity index (χ0v) is 21.8. The van der Waals surface area contributed by atoms with Crippen molar-refractivity contribution < 1.29 is 9.59 Å². The van der Waals surface area contributed by atoms with Gasteiger partial charge >= 0.3 is 0 Å². The van der Waals surface area contributed by atoms with Gasteiger partial charge in [-0.05, 0) is 42.5 Å². The normalized spacial score (nSPS) is 11.6. The van der Waals surface area contributed by atoms with E-state index >= 15 is 0 Å². The van der Waals surface area contributed by atoms with Gasteiger partial charge in [-0.2, -0.15) is 0 Å². The first-order valence-corrected chi connectivity index (χ1v) is 13.4. The molecule has 0 aliphatic rings. The monoisotopic (exact) mass is 488 g/mol. The number of hydrogen-bond acceptors (Lipinski definition) is 3. The summed E-state index contributed by atoms with van der Waals surface area (Å²) < 4.78 is 0. The van der Waals surface area contributed by atoms with Gasteiger partial charge in [0.15, 0.2) is 0 Å². The molecule has 0 heterocycles. The van der Waals surface area contributed by atoms with Crippen LogP contribution in [-0.4, -0.2) is 35.1 Å². The lowest BCUT2D eigenvalue weighted by molar-refractivity contribution is -0.139. The Labute approximate surface area is 214 Å². The van der Waals surface area contributed by atoms with Crippen molar-refractivity contribution in [1.29, 1.82) is 0 Å². The van der Waals surface area contributed by atoms with Gasteiger partial charge in [0.05, 0.1) is 5.75 Å². The molecule has 1 atom stereocenters. The van der Waals surface area contributed by atoms with Gasteiger partial charge in [0.25, 0.3) is 0 Å². The fraction of sp³-hybridized carbons (Fsp3) is 0.333. The quantitative estimate of drug-likeness (QED) is 0.356. The summed E-state index contributed by atoms with van der Waals surface area (Å²) in [7, 11) is 0. The minimum Gasteiger partial charge on any atom is -0.354 e. The number of aryl methyl sites for hydroxylation is 2. The minimum absolute atomic E-state index is 0.0160. The van der Waals surface area contributed by atoms with E-state index in [-0.39, 0.29) is 11.8 Å². The highest BCUT2D eigenvalue weighted by Crippen LogP contribution is 2.20. The molecule has 5 heteroatoms. The topological polar surface area (TPSA) is 49.4 Å². The number of nitrogens with zero attached hydrogens (tertiary/aromatic N) is 1. The van der Waals surface area contributed by atoms with Crippen molar-refractivity contribution in [3.8, 4) is 0 Å². The Balaban J connectivity index is 1.84. The number of nitrogens with one attached hydrogen (secondary N) is 1. The second kappa shape index (κ2) is 13.7. The summed E-state index contributed by atoms with van der Waals surface area (Å²) in [4.78, 5) is 28.8. The van der Waals surface area contributed by atoms with E-state index in [4.69, 9.17) is 0 Å². The van der Waals surface area contributed by atoms with E-state index < -0.39 is 6.04 Å². The summed E-state index contributed by atoms with van der Waals surface area (Å²) in [5, 5.41) is 3.03. The third-order valence-electron chi connectivity index (χ3n) is 6.00. The van der Waals surface area contributed by atoms with Gasteiger partial charge in [0, 0.05) is 25.3 Å². The molecule has 2 amide bonds. The van der Waals surface area contributed by atoms with Gasteiger partial charge in [0.2, 0.25) is 11.8 Å². The van der Waals surface area contributed by atoms with Crippen LogP contribution in [0.1, 0.15) is 41.2 Å². The van der Waals surface area contributed by atoms with E-state index in [1.165, 1.54) is 11.1 Å². The molecular formula is C30H36N2O2S. The number of carbonyl (C=O) groups excluding carboxylic acids is 2. The maximum Gasteiger partial charge on any atom is 0.243 e. The predicted molar refractivity (Wildman–Crippen MR) is 146 cm³/mol. The average molecular weight is 489 g/mol. The SMILES string of the molecule is CCCNC(=O)[C@H](Cc1ccccc1)N(Cc1cccc(C)c1)C(=O)CSCc1ccccc1C. The summed E-state index contributed by atoms with van der Waals surface area (Å²) in [5.41, 5.74) is 5.67. The molecule has 3 aromatic carbocycles. The Morgan fingerprint density at radius 3 is 2.34 bits per heavy atom. The van der Waals surface area contributed by atoms with Crippen LogP contribution in [0.15, 0.2) is 78.9 Å². The van der Waals surface area contributed by atoms with Crippen LogP contribution in [0.4, 0.5) is 0 Å². The molecule has 0 bridgehead atoms. The molecule has 4 nitrogen and oxygen atoms in total. The molecule has 1 N–H and O–H groups in total. The minimum atomic E-state index is -0.573. The van der Waals surface area contributed by atoms with Crippen molar-refractivity contribution in [3.05, 3.63) is 107 Å². The van der Waals surface area contributed by atoms with E-state index in [2.05, 4.69) is 30.4 Å². The highest BCUT2D eigenvalue weighted by atomic mass is 32.2. The fourth-order valence-corrected chi connectivity index (χ4v) is 5.02. The maximum absolute atomic E-state index is 13.6. The van der Waals surface area contributed by atoms with Gasteiger partial charge in [-0.15, -0.1) is 11.8 Å². The largest absolute Gasteiger partial charge is 0.354 e. The van der Waals surface area contributed by atoms with Crippen molar-refractivity contribution in [1.82, 2.24) is 10.2 Å². The molecule has 0 spiro atoms. The van der Waals surface area contributed by atoms with Crippen LogP contribution in [0.25, 0.3) is 0 Å². The van der Waals surface area contributed by atoms with E-state index in [1.54, 1.807) is 16.7 Å². The van der Waals surface area contributed by atoms with Crippen molar-refractivity contribution in [2.45, 2.75) is 52.0 Å².